The molecule has 5 heteroatoms. The van der Waals surface area contributed by atoms with Gasteiger partial charge < -0.3 is 5.32 Å². The smallest absolute Gasteiger partial charge is 0.261 e. The van der Waals surface area contributed by atoms with Gasteiger partial charge >= 0.3 is 0 Å². The van der Waals surface area contributed by atoms with E-state index in [0.717, 1.165) is 10.4 Å². The van der Waals surface area contributed by atoms with Crippen molar-refractivity contribution in [3.63, 3.8) is 0 Å². The van der Waals surface area contributed by atoms with Crippen LogP contribution in [0.3, 0.4) is 0 Å². The van der Waals surface area contributed by atoms with E-state index in [2.05, 4.69) is 10.4 Å². The van der Waals surface area contributed by atoms with Gasteiger partial charge in [0.1, 0.15) is 0 Å². The molecular weight excluding hydrogens is 234 g/mol. The molecule has 2 aromatic rings. The number of carbonyl (C=O) groups excluding carboxylic acids is 1. The van der Waals surface area contributed by atoms with Crippen molar-refractivity contribution in [1.82, 2.24) is 15.1 Å². The van der Waals surface area contributed by atoms with E-state index in [4.69, 9.17) is 0 Å². The van der Waals surface area contributed by atoms with Crippen molar-refractivity contribution < 1.29 is 4.79 Å². The molecule has 0 radical (unpaired) electrons. The van der Waals surface area contributed by atoms with Gasteiger partial charge in [0.2, 0.25) is 0 Å². The van der Waals surface area contributed by atoms with Crippen molar-refractivity contribution in [2.75, 3.05) is 0 Å². The Morgan fingerprint density at radius 2 is 2.47 bits per heavy atom. The summed E-state index contributed by atoms with van der Waals surface area (Å²) in [6.45, 7) is 4.61. The first kappa shape index (κ1) is 11.9. The van der Waals surface area contributed by atoms with Crippen LogP contribution in [0.2, 0.25) is 0 Å². The van der Waals surface area contributed by atoms with Crippen molar-refractivity contribution in [3.8, 4) is 0 Å². The maximum Gasteiger partial charge on any atom is 0.261 e. The fourth-order valence-corrected chi connectivity index (χ4v) is 2.46. The molecule has 0 unspecified atom stereocenters. The fraction of sp³-hybridized carbons (Fsp3) is 0.333. The molecule has 0 aliphatic heterocycles. The number of aromatic nitrogens is 2. The van der Waals surface area contributed by atoms with Crippen LogP contribution < -0.4 is 5.32 Å². The first-order valence-electron chi connectivity index (χ1n) is 5.49. The van der Waals surface area contributed by atoms with Crippen LogP contribution in [-0.4, -0.2) is 21.7 Å². The van der Waals surface area contributed by atoms with Crippen LogP contribution in [0.1, 0.15) is 22.2 Å². The van der Waals surface area contributed by atoms with Crippen molar-refractivity contribution in [2.24, 2.45) is 0 Å². The summed E-state index contributed by atoms with van der Waals surface area (Å²) in [5.74, 6) is -0.00263. The Morgan fingerprint density at radius 1 is 1.65 bits per heavy atom. The average molecular weight is 249 g/mol. The van der Waals surface area contributed by atoms with Gasteiger partial charge in [-0.25, -0.2) is 0 Å². The number of aryl methyl sites for hydroxylation is 1. The summed E-state index contributed by atoms with van der Waals surface area (Å²) in [6.07, 6.45) is 3.62. The second-order valence-electron chi connectivity index (χ2n) is 4.04. The molecule has 0 saturated heterocycles. The maximum absolute atomic E-state index is 11.9. The Hall–Kier alpha value is -1.62. The monoisotopic (exact) mass is 249 g/mol. The zero-order valence-corrected chi connectivity index (χ0v) is 10.7. The van der Waals surface area contributed by atoms with Crippen molar-refractivity contribution in [2.45, 2.75) is 26.4 Å². The second kappa shape index (κ2) is 5.14. The molecule has 0 spiro atoms. The highest BCUT2D eigenvalue weighted by molar-refractivity contribution is 7.12. The molecule has 90 valence electrons. The number of thiophene rings is 1. The average Bonchev–Trinajstić information content (AvgIpc) is 2.88. The third-order valence-electron chi connectivity index (χ3n) is 2.47. The van der Waals surface area contributed by atoms with Crippen molar-refractivity contribution in [3.05, 3.63) is 40.3 Å². The van der Waals surface area contributed by atoms with E-state index in [1.54, 1.807) is 6.20 Å². The lowest BCUT2D eigenvalue weighted by Gasteiger charge is -2.13. The van der Waals surface area contributed by atoms with Crippen LogP contribution in [0.4, 0.5) is 0 Å². The van der Waals surface area contributed by atoms with E-state index in [1.165, 1.54) is 11.3 Å². The Morgan fingerprint density at radius 3 is 3.06 bits per heavy atom. The van der Waals surface area contributed by atoms with E-state index in [9.17, 15) is 4.79 Å². The summed E-state index contributed by atoms with van der Waals surface area (Å²) < 4.78 is 1.81. The molecule has 2 aromatic heterocycles. The fourth-order valence-electron chi connectivity index (χ4n) is 1.63. The van der Waals surface area contributed by atoms with Crippen molar-refractivity contribution >= 4 is 17.2 Å². The van der Waals surface area contributed by atoms with Crippen LogP contribution in [0.15, 0.2) is 29.9 Å². The second-order valence-corrected chi connectivity index (χ2v) is 4.95. The van der Waals surface area contributed by atoms with Gasteiger partial charge in [-0.05, 0) is 36.9 Å². The topological polar surface area (TPSA) is 46.9 Å². The molecule has 4 nitrogen and oxygen atoms in total. The molecule has 1 amide bonds. The molecule has 1 atom stereocenters. The van der Waals surface area contributed by atoms with E-state index >= 15 is 0 Å². The number of nitrogens with zero attached hydrogens (tertiary/aromatic N) is 2. The molecular formula is C12H15N3OS. The largest absolute Gasteiger partial charge is 0.347 e. The first-order chi connectivity index (χ1) is 8.16. The van der Waals surface area contributed by atoms with Crippen LogP contribution in [0, 0.1) is 6.92 Å². The number of amides is 1. The summed E-state index contributed by atoms with van der Waals surface area (Å²) >= 11 is 1.47. The van der Waals surface area contributed by atoms with Gasteiger partial charge in [-0.3, -0.25) is 9.48 Å². The number of hydrogen-bond acceptors (Lipinski definition) is 3. The summed E-state index contributed by atoms with van der Waals surface area (Å²) in [7, 11) is 0. The predicted octanol–water partition coefficient (Wildman–Crippen LogP) is 2.07. The predicted molar refractivity (Wildman–Crippen MR) is 68.2 cm³/mol. The third kappa shape index (κ3) is 2.94. The Bertz CT molecular complexity index is 490. The minimum atomic E-state index is -0.00263. The Labute approximate surface area is 104 Å². The molecule has 0 aromatic carbocycles. The van der Waals surface area contributed by atoms with Gasteiger partial charge in [-0.1, -0.05) is 0 Å². The third-order valence-corrected chi connectivity index (χ3v) is 3.48. The van der Waals surface area contributed by atoms with E-state index in [-0.39, 0.29) is 11.9 Å². The van der Waals surface area contributed by atoms with Gasteiger partial charge in [-0.15, -0.1) is 11.3 Å². The molecule has 1 N–H and O–H groups in total. The minimum Gasteiger partial charge on any atom is -0.347 e. The maximum atomic E-state index is 11.9. The quantitative estimate of drug-likeness (QED) is 0.901. The van der Waals surface area contributed by atoms with Gasteiger partial charge in [0.15, 0.2) is 0 Å². The number of carbonyl (C=O) groups is 1. The molecule has 2 rings (SSSR count). The van der Waals surface area contributed by atoms with Crippen LogP contribution in [-0.2, 0) is 6.54 Å². The molecule has 0 saturated carbocycles. The molecule has 2 heterocycles. The van der Waals surface area contributed by atoms with E-state index in [1.807, 2.05) is 42.2 Å². The van der Waals surface area contributed by atoms with Crippen LogP contribution in [0.5, 0.6) is 0 Å². The highest BCUT2D eigenvalue weighted by atomic mass is 32.1. The van der Waals surface area contributed by atoms with Gasteiger partial charge in [0, 0.05) is 18.4 Å². The van der Waals surface area contributed by atoms with E-state index in [0.29, 0.717) is 6.54 Å². The Kier molecular flexibility index (Phi) is 3.58. The molecule has 17 heavy (non-hydrogen) atoms. The number of hydrogen-bond donors (Lipinski definition) is 1. The summed E-state index contributed by atoms with van der Waals surface area (Å²) in [5.41, 5.74) is 1.03. The SMILES string of the molecule is Cc1ccsc1C(=O)N[C@H](C)Cn1cccn1. The summed E-state index contributed by atoms with van der Waals surface area (Å²) in [5, 5.41) is 9.02. The zero-order chi connectivity index (χ0) is 12.3. The first-order valence-corrected chi connectivity index (χ1v) is 6.37. The number of nitrogens with one attached hydrogen (secondary N) is 1. The molecule has 0 aliphatic carbocycles. The summed E-state index contributed by atoms with van der Waals surface area (Å²) in [4.78, 5) is 12.7. The van der Waals surface area contributed by atoms with Crippen LogP contribution in [0.25, 0.3) is 0 Å². The lowest BCUT2D eigenvalue weighted by Crippen LogP contribution is -2.35. The van der Waals surface area contributed by atoms with Crippen molar-refractivity contribution in [1.29, 1.82) is 0 Å². The minimum absolute atomic E-state index is 0.00263. The highest BCUT2D eigenvalue weighted by Crippen LogP contribution is 2.15. The zero-order valence-electron chi connectivity index (χ0n) is 9.88. The lowest BCUT2D eigenvalue weighted by molar-refractivity contribution is 0.0939. The van der Waals surface area contributed by atoms with Gasteiger partial charge in [-0.2, -0.15) is 5.10 Å². The molecule has 0 bridgehead atoms. The highest BCUT2D eigenvalue weighted by Gasteiger charge is 2.13. The normalized spacial score (nSPS) is 12.4. The molecule has 0 aliphatic rings. The molecule has 0 fully saturated rings. The Balaban J connectivity index is 1.93. The standard InChI is InChI=1S/C12H15N3OS/c1-9-4-7-17-11(9)12(16)14-10(2)8-15-6-3-5-13-15/h3-7,10H,8H2,1-2H3,(H,14,16)/t10-/m1/s1. The van der Waals surface area contributed by atoms with Crippen LogP contribution >= 0.6 is 11.3 Å². The lowest BCUT2D eigenvalue weighted by atomic mass is 10.2. The van der Waals surface area contributed by atoms with Gasteiger partial charge in [0.05, 0.1) is 11.4 Å². The van der Waals surface area contributed by atoms with Gasteiger partial charge in [0.25, 0.3) is 5.91 Å². The summed E-state index contributed by atoms with van der Waals surface area (Å²) in [6, 6.07) is 3.89. The van der Waals surface area contributed by atoms with E-state index < -0.39 is 0 Å². The number of rotatable bonds is 4.